The number of carbonyl (C=O) groups excluding carboxylic acids is 2. The molecular formula is C22H25ClN2O2. The first kappa shape index (κ1) is 19.4. The Morgan fingerprint density at radius 2 is 1.70 bits per heavy atom. The van der Waals surface area contributed by atoms with E-state index < -0.39 is 0 Å². The van der Waals surface area contributed by atoms with Crippen LogP contribution in [0.25, 0.3) is 0 Å². The van der Waals surface area contributed by atoms with Gasteiger partial charge in [-0.1, -0.05) is 53.6 Å². The van der Waals surface area contributed by atoms with Gasteiger partial charge in [0.15, 0.2) is 0 Å². The van der Waals surface area contributed by atoms with Crippen molar-refractivity contribution < 1.29 is 9.59 Å². The number of likely N-dealkylation sites (tertiary alicyclic amines) is 1. The second-order valence-corrected chi connectivity index (χ2v) is 7.66. The van der Waals surface area contributed by atoms with E-state index in [1.54, 1.807) is 16.8 Å². The largest absolute Gasteiger partial charge is 0.340 e. The molecule has 3 rings (SSSR count). The maximum Gasteiger partial charge on any atom is 0.245 e. The van der Waals surface area contributed by atoms with E-state index in [-0.39, 0.29) is 17.9 Å². The standard InChI is InChI=1S/C22H25ClN2O2/c1-16-5-7-17(8-6-16)14-21(26)25-13-3-4-20(25)22(27)24(2)15-18-9-11-19(23)12-10-18/h5-12,20H,3-4,13-15H2,1-2H3/t20-/m1/s1. The number of benzene rings is 2. The van der Waals surface area contributed by atoms with E-state index >= 15 is 0 Å². The van der Waals surface area contributed by atoms with Crippen LogP contribution in [0.2, 0.25) is 5.02 Å². The van der Waals surface area contributed by atoms with Crippen molar-refractivity contribution in [3.8, 4) is 0 Å². The molecule has 1 aliphatic heterocycles. The third kappa shape index (κ3) is 4.89. The summed E-state index contributed by atoms with van der Waals surface area (Å²) in [6, 6.07) is 15.1. The first-order chi connectivity index (χ1) is 12.9. The van der Waals surface area contributed by atoms with Gasteiger partial charge in [-0.15, -0.1) is 0 Å². The Labute approximate surface area is 165 Å². The average Bonchev–Trinajstić information content (AvgIpc) is 3.14. The molecule has 1 fully saturated rings. The molecule has 0 N–H and O–H groups in total. The summed E-state index contributed by atoms with van der Waals surface area (Å²) >= 11 is 5.92. The third-order valence-electron chi connectivity index (χ3n) is 5.04. The molecule has 1 atom stereocenters. The quantitative estimate of drug-likeness (QED) is 0.785. The molecule has 0 aromatic heterocycles. The van der Waals surface area contributed by atoms with E-state index in [0.717, 1.165) is 24.0 Å². The van der Waals surface area contributed by atoms with Gasteiger partial charge in [0, 0.05) is 25.2 Å². The lowest BCUT2D eigenvalue weighted by molar-refractivity contribution is -0.143. The molecule has 0 bridgehead atoms. The average molecular weight is 385 g/mol. The Kier molecular flexibility index (Phi) is 6.17. The molecule has 1 aliphatic rings. The van der Waals surface area contributed by atoms with E-state index in [1.165, 1.54) is 5.56 Å². The number of hydrogen-bond acceptors (Lipinski definition) is 2. The molecule has 1 heterocycles. The van der Waals surface area contributed by atoms with Crippen LogP contribution in [0.3, 0.4) is 0 Å². The lowest BCUT2D eigenvalue weighted by Gasteiger charge is -2.28. The van der Waals surface area contributed by atoms with Crippen molar-refractivity contribution in [2.45, 2.75) is 38.8 Å². The van der Waals surface area contributed by atoms with Gasteiger partial charge in [-0.05, 0) is 43.0 Å². The molecule has 4 nitrogen and oxygen atoms in total. The zero-order chi connectivity index (χ0) is 19.4. The highest BCUT2D eigenvalue weighted by Gasteiger charge is 2.35. The first-order valence-electron chi connectivity index (χ1n) is 9.28. The Balaban J connectivity index is 1.63. The fraction of sp³-hybridized carbons (Fsp3) is 0.364. The monoisotopic (exact) mass is 384 g/mol. The van der Waals surface area contributed by atoms with Crippen LogP contribution in [0.4, 0.5) is 0 Å². The molecule has 0 spiro atoms. The fourth-order valence-electron chi connectivity index (χ4n) is 3.50. The van der Waals surface area contributed by atoms with Crippen LogP contribution in [0.5, 0.6) is 0 Å². The lowest BCUT2D eigenvalue weighted by Crippen LogP contribution is -2.46. The zero-order valence-corrected chi connectivity index (χ0v) is 16.6. The highest BCUT2D eigenvalue weighted by Crippen LogP contribution is 2.21. The predicted molar refractivity (Wildman–Crippen MR) is 108 cm³/mol. The number of likely N-dealkylation sites (N-methyl/N-ethyl adjacent to an activating group) is 1. The van der Waals surface area contributed by atoms with E-state index in [0.29, 0.717) is 24.5 Å². The molecule has 5 heteroatoms. The van der Waals surface area contributed by atoms with Crippen LogP contribution in [0.15, 0.2) is 48.5 Å². The normalized spacial score (nSPS) is 16.4. The maximum atomic E-state index is 12.9. The summed E-state index contributed by atoms with van der Waals surface area (Å²) in [5.74, 6) is 0.0225. The molecule has 2 amide bonds. The van der Waals surface area contributed by atoms with Gasteiger partial charge in [0.25, 0.3) is 0 Å². The molecule has 1 saturated heterocycles. The lowest BCUT2D eigenvalue weighted by atomic mass is 10.1. The van der Waals surface area contributed by atoms with Crippen LogP contribution >= 0.6 is 11.6 Å². The zero-order valence-electron chi connectivity index (χ0n) is 15.8. The van der Waals surface area contributed by atoms with Crippen molar-refractivity contribution in [3.63, 3.8) is 0 Å². The third-order valence-corrected chi connectivity index (χ3v) is 5.30. The Hall–Kier alpha value is -2.33. The summed E-state index contributed by atoms with van der Waals surface area (Å²) in [7, 11) is 1.79. The van der Waals surface area contributed by atoms with Crippen molar-refractivity contribution in [1.29, 1.82) is 0 Å². The maximum absolute atomic E-state index is 12.9. The number of carbonyl (C=O) groups is 2. The van der Waals surface area contributed by atoms with Crippen molar-refractivity contribution >= 4 is 23.4 Å². The number of halogens is 1. The van der Waals surface area contributed by atoms with Gasteiger partial charge in [-0.25, -0.2) is 0 Å². The second kappa shape index (κ2) is 8.57. The van der Waals surface area contributed by atoms with E-state index in [1.807, 2.05) is 55.5 Å². The SMILES string of the molecule is Cc1ccc(CC(=O)N2CCC[C@@H]2C(=O)N(C)Cc2ccc(Cl)cc2)cc1. The summed E-state index contributed by atoms with van der Waals surface area (Å²) in [6.45, 7) is 3.18. The second-order valence-electron chi connectivity index (χ2n) is 7.23. The van der Waals surface area contributed by atoms with Crippen molar-refractivity contribution in [2.24, 2.45) is 0 Å². The number of aryl methyl sites for hydroxylation is 1. The molecule has 0 unspecified atom stereocenters. The summed E-state index contributed by atoms with van der Waals surface area (Å²) in [4.78, 5) is 29.2. The molecule has 142 valence electrons. The van der Waals surface area contributed by atoms with E-state index in [2.05, 4.69) is 0 Å². The van der Waals surface area contributed by atoms with E-state index in [9.17, 15) is 9.59 Å². The molecule has 0 aliphatic carbocycles. The number of nitrogens with zero attached hydrogens (tertiary/aromatic N) is 2. The van der Waals surface area contributed by atoms with Crippen LogP contribution < -0.4 is 0 Å². The Morgan fingerprint density at radius 3 is 2.37 bits per heavy atom. The Bertz CT molecular complexity index is 802. The number of rotatable bonds is 5. The van der Waals surface area contributed by atoms with Crippen molar-refractivity contribution in [2.75, 3.05) is 13.6 Å². The summed E-state index contributed by atoms with van der Waals surface area (Å²) < 4.78 is 0. The highest BCUT2D eigenvalue weighted by atomic mass is 35.5. The van der Waals surface area contributed by atoms with Crippen molar-refractivity contribution in [1.82, 2.24) is 9.80 Å². The van der Waals surface area contributed by atoms with Gasteiger partial charge in [0.05, 0.1) is 6.42 Å². The van der Waals surface area contributed by atoms with E-state index in [4.69, 9.17) is 11.6 Å². The fourth-order valence-corrected chi connectivity index (χ4v) is 3.63. The first-order valence-corrected chi connectivity index (χ1v) is 9.66. The summed E-state index contributed by atoms with van der Waals surface area (Å²) in [5.41, 5.74) is 3.17. The molecule has 2 aromatic rings. The number of amides is 2. The highest BCUT2D eigenvalue weighted by molar-refractivity contribution is 6.30. The Morgan fingerprint density at radius 1 is 1.07 bits per heavy atom. The summed E-state index contributed by atoms with van der Waals surface area (Å²) in [5, 5.41) is 0.677. The molecule has 0 saturated carbocycles. The topological polar surface area (TPSA) is 40.6 Å². The van der Waals surface area contributed by atoms with Crippen LogP contribution in [-0.2, 0) is 22.6 Å². The van der Waals surface area contributed by atoms with Crippen LogP contribution in [-0.4, -0.2) is 41.2 Å². The van der Waals surface area contributed by atoms with Crippen LogP contribution in [0, 0.1) is 6.92 Å². The van der Waals surface area contributed by atoms with Gasteiger partial charge in [0.1, 0.15) is 6.04 Å². The van der Waals surface area contributed by atoms with Gasteiger partial charge >= 0.3 is 0 Å². The minimum absolute atomic E-state index is 0.000272. The van der Waals surface area contributed by atoms with Gasteiger partial charge < -0.3 is 9.80 Å². The molecule has 2 aromatic carbocycles. The molecular weight excluding hydrogens is 360 g/mol. The molecule has 27 heavy (non-hydrogen) atoms. The summed E-state index contributed by atoms with van der Waals surface area (Å²) in [6.07, 6.45) is 1.93. The predicted octanol–water partition coefficient (Wildman–Crippen LogP) is 3.84. The van der Waals surface area contributed by atoms with Gasteiger partial charge in [-0.3, -0.25) is 9.59 Å². The smallest absolute Gasteiger partial charge is 0.245 e. The number of hydrogen-bond donors (Lipinski definition) is 0. The van der Waals surface area contributed by atoms with Crippen molar-refractivity contribution in [3.05, 3.63) is 70.2 Å². The molecule has 0 radical (unpaired) electrons. The van der Waals surface area contributed by atoms with Gasteiger partial charge in [-0.2, -0.15) is 0 Å². The minimum Gasteiger partial charge on any atom is -0.340 e. The minimum atomic E-state index is -0.361. The van der Waals surface area contributed by atoms with Gasteiger partial charge in [0.2, 0.25) is 11.8 Å². The van der Waals surface area contributed by atoms with Crippen LogP contribution in [0.1, 0.15) is 29.5 Å².